The second-order valence-electron chi connectivity index (χ2n) is 4.95. The van der Waals surface area contributed by atoms with Crippen molar-refractivity contribution in [2.75, 3.05) is 0 Å². The van der Waals surface area contributed by atoms with Gasteiger partial charge in [0, 0.05) is 12.7 Å². The average Bonchev–Trinajstić information content (AvgIpc) is 2.41. The molecule has 80 valence electrons. The smallest absolute Gasteiger partial charge is 0.179 e. The highest BCUT2D eigenvalue weighted by Crippen LogP contribution is 2.20. The number of hydrogen-bond donors (Lipinski definition) is 1. The van der Waals surface area contributed by atoms with Crippen LogP contribution in [0.3, 0.4) is 0 Å². The van der Waals surface area contributed by atoms with Crippen LogP contribution in [0.2, 0.25) is 0 Å². The average molecular weight is 221 g/mol. The highest BCUT2D eigenvalue weighted by Gasteiger charge is 2.14. The Labute approximate surface area is 94.2 Å². The molecule has 3 nitrogen and oxygen atoms in total. The number of H-pyrrole nitrogens is 1. The number of aromatic nitrogens is 3. The molecule has 0 aliphatic carbocycles. The molecule has 0 saturated heterocycles. The largest absolute Gasteiger partial charge is 0.329 e. The lowest BCUT2D eigenvalue weighted by atomic mass is 9.97. The van der Waals surface area contributed by atoms with E-state index in [0.717, 1.165) is 22.5 Å². The van der Waals surface area contributed by atoms with Gasteiger partial charge >= 0.3 is 0 Å². The number of nitrogens with one attached hydrogen (secondary N) is 1. The minimum absolute atomic E-state index is 0.199. The second-order valence-corrected chi connectivity index (χ2v) is 5.34. The van der Waals surface area contributed by atoms with E-state index in [1.54, 1.807) is 6.20 Å². The Kier molecular flexibility index (Phi) is 2.38. The SMILES string of the molecule is CC(C)(C)Cn1c(=S)[nH]c2cccnc21. The summed E-state index contributed by atoms with van der Waals surface area (Å²) in [5.41, 5.74) is 2.15. The topological polar surface area (TPSA) is 33.6 Å². The lowest BCUT2D eigenvalue weighted by molar-refractivity contribution is 0.345. The van der Waals surface area contributed by atoms with E-state index < -0.39 is 0 Å². The van der Waals surface area contributed by atoms with Gasteiger partial charge in [-0.15, -0.1) is 0 Å². The van der Waals surface area contributed by atoms with Gasteiger partial charge in [-0.3, -0.25) is 0 Å². The lowest BCUT2D eigenvalue weighted by Gasteiger charge is -2.18. The molecule has 0 amide bonds. The first-order chi connectivity index (χ1) is 6.97. The molecule has 0 fully saturated rings. The van der Waals surface area contributed by atoms with E-state index >= 15 is 0 Å². The molecule has 2 aromatic rings. The minimum atomic E-state index is 0.199. The molecule has 0 bridgehead atoms. The van der Waals surface area contributed by atoms with E-state index in [2.05, 4.69) is 35.3 Å². The fraction of sp³-hybridized carbons (Fsp3) is 0.455. The molecule has 2 rings (SSSR count). The molecule has 0 aromatic carbocycles. The van der Waals surface area contributed by atoms with Crippen LogP contribution >= 0.6 is 12.2 Å². The molecule has 4 heteroatoms. The van der Waals surface area contributed by atoms with Crippen LogP contribution in [0.1, 0.15) is 20.8 Å². The summed E-state index contributed by atoms with van der Waals surface area (Å²) in [5.74, 6) is 0. The predicted octanol–water partition coefficient (Wildman–Crippen LogP) is 3.14. The summed E-state index contributed by atoms with van der Waals surface area (Å²) in [7, 11) is 0. The molecule has 2 aromatic heterocycles. The predicted molar refractivity (Wildman–Crippen MR) is 64.4 cm³/mol. The van der Waals surface area contributed by atoms with Gasteiger partial charge in [-0.05, 0) is 29.8 Å². The molecule has 1 N–H and O–H groups in total. The van der Waals surface area contributed by atoms with Crippen molar-refractivity contribution in [2.45, 2.75) is 27.3 Å². The maximum absolute atomic E-state index is 5.29. The van der Waals surface area contributed by atoms with Crippen molar-refractivity contribution in [1.82, 2.24) is 14.5 Å². The monoisotopic (exact) mass is 221 g/mol. The van der Waals surface area contributed by atoms with Crippen molar-refractivity contribution >= 4 is 23.4 Å². The molecule has 0 unspecified atom stereocenters. The molecular formula is C11H15N3S. The van der Waals surface area contributed by atoms with Gasteiger partial charge in [0.25, 0.3) is 0 Å². The van der Waals surface area contributed by atoms with E-state index in [9.17, 15) is 0 Å². The van der Waals surface area contributed by atoms with Crippen molar-refractivity contribution < 1.29 is 0 Å². The van der Waals surface area contributed by atoms with Gasteiger partial charge in [0.2, 0.25) is 0 Å². The lowest BCUT2D eigenvalue weighted by Crippen LogP contribution is -2.15. The summed E-state index contributed by atoms with van der Waals surface area (Å²) in [6.07, 6.45) is 1.80. The Morgan fingerprint density at radius 2 is 2.20 bits per heavy atom. The quantitative estimate of drug-likeness (QED) is 0.750. The van der Waals surface area contributed by atoms with Crippen molar-refractivity contribution in [3.63, 3.8) is 0 Å². The van der Waals surface area contributed by atoms with E-state index in [0.29, 0.717) is 0 Å². The highest BCUT2D eigenvalue weighted by molar-refractivity contribution is 7.71. The van der Waals surface area contributed by atoms with Crippen molar-refractivity contribution in [3.05, 3.63) is 23.1 Å². The third-order valence-electron chi connectivity index (χ3n) is 2.16. The summed E-state index contributed by atoms with van der Waals surface area (Å²) in [6, 6.07) is 3.91. The van der Waals surface area contributed by atoms with Gasteiger partial charge in [-0.25, -0.2) is 4.98 Å². The molecule has 2 heterocycles. The number of imidazole rings is 1. The Hall–Kier alpha value is -1.16. The highest BCUT2D eigenvalue weighted by atomic mass is 32.1. The zero-order chi connectivity index (χ0) is 11.1. The Bertz CT molecular complexity index is 530. The number of nitrogens with zero attached hydrogens (tertiary/aromatic N) is 2. The molecule has 0 radical (unpaired) electrons. The van der Waals surface area contributed by atoms with Crippen LogP contribution < -0.4 is 0 Å². The van der Waals surface area contributed by atoms with E-state index in [1.165, 1.54) is 0 Å². The standard InChI is InChI=1S/C11H15N3S/c1-11(2,3)7-14-9-8(13-10(14)15)5-4-6-12-9/h4-6H,7H2,1-3H3,(H,13,15). The first-order valence-corrected chi connectivity index (χ1v) is 5.42. The van der Waals surface area contributed by atoms with E-state index in [1.807, 2.05) is 12.1 Å². The molecule has 0 saturated carbocycles. The van der Waals surface area contributed by atoms with E-state index in [4.69, 9.17) is 12.2 Å². The Morgan fingerprint density at radius 3 is 2.87 bits per heavy atom. The van der Waals surface area contributed by atoms with Gasteiger partial charge in [-0.2, -0.15) is 0 Å². The van der Waals surface area contributed by atoms with Crippen LogP contribution in [-0.4, -0.2) is 14.5 Å². The maximum atomic E-state index is 5.29. The summed E-state index contributed by atoms with van der Waals surface area (Å²) >= 11 is 5.29. The van der Waals surface area contributed by atoms with Crippen molar-refractivity contribution in [3.8, 4) is 0 Å². The normalized spacial score (nSPS) is 12.2. The summed E-state index contributed by atoms with van der Waals surface area (Å²) in [5, 5.41) is 0. The third-order valence-corrected chi connectivity index (χ3v) is 2.48. The van der Waals surface area contributed by atoms with Crippen LogP contribution in [0.4, 0.5) is 0 Å². The first-order valence-electron chi connectivity index (χ1n) is 5.01. The Balaban J connectivity index is 2.60. The molecule has 0 aliphatic rings. The van der Waals surface area contributed by atoms with Gasteiger partial charge in [0.15, 0.2) is 10.4 Å². The number of fused-ring (bicyclic) bond motifs is 1. The number of pyridine rings is 1. The Morgan fingerprint density at radius 1 is 1.47 bits per heavy atom. The molecule has 0 atom stereocenters. The second kappa shape index (κ2) is 3.45. The number of aromatic amines is 1. The molecular weight excluding hydrogens is 206 g/mol. The van der Waals surface area contributed by atoms with Crippen LogP contribution in [0.25, 0.3) is 11.2 Å². The molecule has 0 aliphatic heterocycles. The van der Waals surface area contributed by atoms with Crippen LogP contribution in [0.5, 0.6) is 0 Å². The summed E-state index contributed by atoms with van der Waals surface area (Å²) in [6.45, 7) is 7.45. The fourth-order valence-electron chi connectivity index (χ4n) is 1.61. The van der Waals surface area contributed by atoms with Gasteiger partial charge in [0.1, 0.15) is 0 Å². The zero-order valence-corrected chi connectivity index (χ0v) is 10.1. The van der Waals surface area contributed by atoms with Crippen molar-refractivity contribution in [2.24, 2.45) is 5.41 Å². The molecule has 15 heavy (non-hydrogen) atoms. The van der Waals surface area contributed by atoms with Gasteiger partial charge in [0.05, 0.1) is 5.52 Å². The van der Waals surface area contributed by atoms with Crippen LogP contribution in [-0.2, 0) is 6.54 Å². The fourth-order valence-corrected chi connectivity index (χ4v) is 1.87. The minimum Gasteiger partial charge on any atom is -0.329 e. The summed E-state index contributed by atoms with van der Waals surface area (Å²) in [4.78, 5) is 7.52. The maximum Gasteiger partial charge on any atom is 0.179 e. The number of hydrogen-bond acceptors (Lipinski definition) is 2. The van der Waals surface area contributed by atoms with Crippen LogP contribution in [0.15, 0.2) is 18.3 Å². The van der Waals surface area contributed by atoms with Crippen LogP contribution in [0, 0.1) is 10.2 Å². The zero-order valence-electron chi connectivity index (χ0n) is 9.24. The third kappa shape index (κ3) is 2.09. The van der Waals surface area contributed by atoms with E-state index in [-0.39, 0.29) is 5.41 Å². The number of rotatable bonds is 1. The van der Waals surface area contributed by atoms with Gasteiger partial charge in [-0.1, -0.05) is 20.8 Å². The first kappa shape index (κ1) is 10.4. The van der Waals surface area contributed by atoms with Gasteiger partial charge < -0.3 is 9.55 Å². The molecule has 0 spiro atoms. The summed E-state index contributed by atoms with van der Waals surface area (Å²) < 4.78 is 2.81. The van der Waals surface area contributed by atoms with Crippen molar-refractivity contribution in [1.29, 1.82) is 0 Å².